The van der Waals surface area contributed by atoms with Crippen LogP contribution in [0, 0.1) is 5.92 Å². The second kappa shape index (κ2) is 14.8. The molecule has 1 unspecified atom stereocenters. The summed E-state index contributed by atoms with van der Waals surface area (Å²) in [5.74, 6) is -1.48. The van der Waals surface area contributed by atoms with Gasteiger partial charge in [-0.25, -0.2) is 4.79 Å². The predicted octanol–water partition coefficient (Wildman–Crippen LogP) is 6.24. The van der Waals surface area contributed by atoms with Gasteiger partial charge in [-0.15, -0.1) is 23.5 Å². The topological polar surface area (TPSA) is 91.4 Å². The van der Waals surface area contributed by atoms with Crippen molar-refractivity contribution in [2.45, 2.75) is 63.4 Å². The van der Waals surface area contributed by atoms with Gasteiger partial charge in [-0.3, -0.25) is 14.5 Å². The molecule has 0 aliphatic carbocycles. The molecule has 3 heterocycles. The third-order valence-corrected chi connectivity index (χ3v) is 9.32. The van der Waals surface area contributed by atoms with Gasteiger partial charge in [0.25, 0.3) is 0 Å². The molecule has 2 saturated heterocycles. The molecule has 0 radical (unpaired) electrons. The monoisotopic (exact) mass is 637 g/mol. The minimum atomic E-state index is -0.972. The summed E-state index contributed by atoms with van der Waals surface area (Å²) in [6.45, 7) is 6.59. The maximum Gasteiger partial charge on any atom is 0.356 e. The molecule has 0 spiro atoms. The molecule has 10 heteroatoms. The van der Waals surface area contributed by atoms with Crippen LogP contribution in [-0.4, -0.2) is 64.7 Å². The molecule has 2 aromatic carbocycles. The van der Waals surface area contributed by atoms with Gasteiger partial charge in [-0.05, 0) is 68.2 Å². The van der Waals surface area contributed by atoms with Gasteiger partial charge in [0.2, 0.25) is 5.91 Å². The van der Waals surface area contributed by atoms with Crippen LogP contribution in [0.2, 0.25) is 0 Å². The number of rotatable bonds is 11. The van der Waals surface area contributed by atoms with Gasteiger partial charge in [-0.2, -0.15) is 0 Å². The van der Waals surface area contributed by atoms with Crippen molar-refractivity contribution in [3.8, 4) is 0 Å². The summed E-state index contributed by atoms with van der Waals surface area (Å²) in [4.78, 5) is 41.9. The molecule has 8 nitrogen and oxygen atoms in total. The lowest BCUT2D eigenvalue weighted by molar-refractivity contribution is -0.175. The van der Waals surface area contributed by atoms with E-state index < -0.39 is 40.8 Å². The second-order valence-electron chi connectivity index (χ2n) is 11.7. The zero-order valence-electron chi connectivity index (χ0n) is 25.3. The quantitative estimate of drug-likeness (QED) is 0.123. The summed E-state index contributed by atoms with van der Waals surface area (Å²) in [5.41, 5.74) is 1.72. The molecule has 0 N–H and O–H groups in total. The van der Waals surface area contributed by atoms with E-state index in [4.69, 9.17) is 18.9 Å². The van der Waals surface area contributed by atoms with E-state index in [0.717, 1.165) is 37.0 Å². The van der Waals surface area contributed by atoms with Gasteiger partial charge in [0.1, 0.15) is 16.7 Å². The smallest absolute Gasteiger partial charge is 0.356 e. The van der Waals surface area contributed by atoms with E-state index in [9.17, 15) is 14.4 Å². The Morgan fingerprint density at radius 2 is 1.75 bits per heavy atom. The van der Waals surface area contributed by atoms with Gasteiger partial charge in [0.15, 0.2) is 18.3 Å². The number of benzene rings is 2. The molecule has 5 rings (SSSR count). The molecule has 1 amide bonds. The number of amides is 1. The Labute approximate surface area is 267 Å². The van der Waals surface area contributed by atoms with E-state index in [-0.39, 0.29) is 12.0 Å². The fourth-order valence-corrected chi connectivity index (χ4v) is 7.18. The molecule has 0 aromatic heterocycles. The van der Waals surface area contributed by atoms with Crippen molar-refractivity contribution in [1.29, 1.82) is 0 Å². The normalized spacial score (nSPS) is 22.1. The lowest BCUT2D eigenvalue weighted by Gasteiger charge is -2.48. The number of nitrogens with zero attached hydrogens (tertiary/aromatic N) is 1. The lowest BCUT2D eigenvalue weighted by Crippen LogP contribution is -2.64. The number of ether oxygens (including phenoxy) is 4. The van der Waals surface area contributed by atoms with Crippen molar-refractivity contribution >= 4 is 41.4 Å². The van der Waals surface area contributed by atoms with Crippen molar-refractivity contribution in [2.75, 3.05) is 24.7 Å². The van der Waals surface area contributed by atoms with Gasteiger partial charge in [0.05, 0.1) is 6.61 Å². The first-order valence-electron chi connectivity index (χ1n) is 15.0. The number of allylic oxidation sites excluding steroid dienone is 1. The van der Waals surface area contributed by atoms with Gasteiger partial charge < -0.3 is 18.9 Å². The van der Waals surface area contributed by atoms with Crippen LogP contribution in [0.1, 0.15) is 57.3 Å². The van der Waals surface area contributed by atoms with Crippen LogP contribution >= 0.6 is 23.5 Å². The minimum Gasteiger partial charge on any atom is -0.459 e. The van der Waals surface area contributed by atoms with E-state index in [1.54, 1.807) is 32.5 Å². The molecular weight excluding hydrogens is 599 g/mol. The first-order valence-corrected chi connectivity index (χ1v) is 17.1. The van der Waals surface area contributed by atoms with E-state index in [0.29, 0.717) is 23.7 Å². The SMILES string of the molecule is CC(C)(C)OC(=O)[C@@H]1C(=O)N2C(C(=O)OC(c3ccccc3)c3ccccc3)=C(/C=C/SCCOC3CCCCO3)CS[C@H]12. The molecule has 234 valence electrons. The second-order valence-corrected chi connectivity index (χ2v) is 13.9. The molecule has 0 saturated carbocycles. The average molecular weight is 638 g/mol. The Morgan fingerprint density at radius 3 is 2.36 bits per heavy atom. The highest BCUT2D eigenvalue weighted by Crippen LogP contribution is 2.46. The number of thioether (sulfide) groups is 2. The summed E-state index contributed by atoms with van der Waals surface area (Å²) in [6, 6.07) is 19.0. The van der Waals surface area contributed by atoms with Gasteiger partial charge in [-0.1, -0.05) is 60.7 Å². The maximum absolute atomic E-state index is 14.0. The van der Waals surface area contributed by atoms with Crippen LogP contribution in [0.5, 0.6) is 0 Å². The number of esters is 2. The van der Waals surface area contributed by atoms with Crippen molar-refractivity contribution in [1.82, 2.24) is 4.90 Å². The standard InChI is InChI=1S/C34H39NO7S2/c1-34(2,3)42-32(37)27-30(36)35-28(33(38)41-29(23-12-6-4-7-13-23)24-14-8-5-9-15-24)25(22-44-31(27)35)17-20-43-21-19-40-26-16-10-11-18-39-26/h4-9,12-15,17,20,26-27,29,31H,10-11,16,18-19,21-22H2,1-3H3/b20-17+/t26?,27-,31-/m1/s1. The van der Waals surface area contributed by atoms with E-state index in [1.165, 1.54) is 16.7 Å². The fraction of sp³-hybridized carbons (Fsp3) is 0.441. The van der Waals surface area contributed by atoms with E-state index >= 15 is 0 Å². The number of carbonyl (C=O) groups is 3. The zero-order chi connectivity index (χ0) is 31.1. The summed E-state index contributed by atoms with van der Waals surface area (Å²) in [6.07, 6.45) is 4.14. The van der Waals surface area contributed by atoms with Crippen molar-refractivity contribution in [2.24, 2.45) is 5.92 Å². The Kier molecular flexibility index (Phi) is 10.9. The summed E-state index contributed by atoms with van der Waals surface area (Å²) in [7, 11) is 0. The molecular formula is C34H39NO7S2. The fourth-order valence-electron chi connectivity index (χ4n) is 5.23. The number of β-lactam (4-membered cyclic amide) rings is 1. The largest absolute Gasteiger partial charge is 0.459 e. The van der Waals surface area contributed by atoms with E-state index in [2.05, 4.69) is 0 Å². The molecule has 2 fully saturated rings. The highest BCUT2D eigenvalue weighted by atomic mass is 32.2. The number of carbonyl (C=O) groups excluding carboxylic acids is 3. The average Bonchev–Trinajstić information content (AvgIpc) is 3.01. The highest BCUT2D eigenvalue weighted by molar-refractivity contribution is 8.02. The Morgan fingerprint density at radius 1 is 1.07 bits per heavy atom. The molecule has 44 heavy (non-hydrogen) atoms. The van der Waals surface area contributed by atoms with Crippen LogP contribution in [0.15, 0.2) is 83.4 Å². The van der Waals surface area contributed by atoms with Crippen LogP contribution < -0.4 is 0 Å². The maximum atomic E-state index is 14.0. The highest BCUT2D eigenvalue weighted by Gasteiger charge is 2.58. The van der Waals surface area contributed by atoms with Crippen LogP contribution in [0.3, 0.4) is 0 Å². The first-order chi connectivity index (χ1) is 21.2. The number of hydrogen-bond donors (Lipinski definition) is 0. The Hall–Kier alpha value is -3.05. The van der Waals surface area contributed by atoms with Crippen LogP contribution in [0.4, 0.5) is 0 Å². The van der Waals surface area contributed by atoms with Crippen molar-refractivity contribution in [3.63, 3.8) is 0 Å². The summed E-state index contributed by atoms with van der Waals surface area (Å²) in [5, 5.41) is 1.37. The summed E-state index contributed by atoms with van der Waals surface area (Å²) < 4.78 is 23.2. The Balaban J connectivity index is 1.36. The predicted molar refractivity (Wildman–Crippen MR) is 171 cm³/mol. The number of hydrogen-bond acceptors (Lipinski definition) is 9. The molecule has 3 aliphatic rings. The molecule has 3 aliphatic heterocycles. The molecule has 3 atom stereocenters. The summed E-state index contributed by atoms with van der Waals surface area (Å²) >= 11 is 3.00. The van der Waals surface area contributed by atoms with Crippen LogP contribution in [0.25, 0.3) is 0 Å². The third kappa shape index (κ3) is 7.96. The van der Waals surface area contributed by atoms with Crippen molar-refractivity contribution in [3.05, 3.63) is 94.5 Å². The minimum absolute atomic E-state index is 0.137. The zero-order valence-corrected chi connectivity index (χ0v) is 26.9. The Bertz CT molecular complexity index is 1330. The van der Waals surface area contributed by atoms with Gasteiger partial charge in [0, 0.05) is 18.1 Å². The number of fused-ring (bicyclic) bond motifs is 1. The van der Waals surface area contributed by atoms with Crippen LogP contribution in [-0.2, 0) is 33.3 Å². The van der Waals surface area contributed by atoms with Crippen molar-refractivity contribution < 1.29 is 33.3 Å². The molecule has 0 bridgehead atoms. The lowest BCUT2D eigenvalue weighted by atomic mass is 9.95. The third-order valence-electron chi connectivity index (χ3n) is 7.29. The molecule has 2 aromatic rings. The van der Waals surface area contributed by atoms with E-state index in [1.807, 2.05) is 72.1 Å². The van der Waals surface area contributed by atoms with Gasteiger partial charge >= 0.3 is 11.9 Å². The first kappa shape index (κ1) is 32.3.